The first-order chi connectivity index (χ1) is 15.5. The number of nitrogens with zero attached hydrogens (tertiary/aromatic N) is 5. The number of non-ortho nitro benzene ring substituents is 1. The molecule has 0 unspecified atom stereocenters. The van der Waals surface area contributed by atoms with E-state index in [0.29, 0.717) is 17.8 Å². The average Bonchev–Trinajstić information content (AvgIpc) is 3.31. The molecule has 0 aliphatic carbocycles. The maximum absolute atomic E-state index is 13.1. The molecular weight excluding hydrogens is 415 g/mol. The van der Waals surface area contributed by atoms with Crippen LogP contribution in [0.15, 0.2) is 60.9 Å². The lowest BCUT2D eigenvalue weighted by atomic mass is 10.2. The summed E-state index contributed by atoms with van der Waals surface area (Å²) in [4.78, 5) is 27.2. The van der Waals surface area contributed by atoms with Gasteiger partial charge in [0.15, 0.2) is 0 Å². The molecule has 0 atom stereocenters. The van der Waals surface area contributed by atoms with Gasteiger partial charge < -0.3 is 10.2 Å². The summed E-state index contributed by atoms with van der Waals surface area (Å²) >= 11 is 0. The number of hydrogen-bond acceptors (Lipinski definition) is 6. The van der Waals surface area contributed by atoms with Crippen LogP contribution in [0.2, 0.25) is 0 Å². The molecule has 0 radical (unpaired) electrons. The zero-order valence-electron chi connectivity index (χ0n) is 17.4. The Balaban J connectivity index is 1.23. The number of carbonyl (C=O) groups is 1. The largest absolute Gasteiger partial charge is 0.369 e. The van der Waals surface area contributed by atoms with Gasteiger partial charge >= 0.3 is 0 Å². The average molecular weight is 438 g/mol. The highest BCUT2D eigenvalue weighted by Crippen LogP contribution is 2.17. The SMILES string of the molecule is O=C(NCCN1CCN(c2ccc(F)cc2)CC1)c1cnn(-c2ccc([N+](=O)[O-])cc2)c1. The lowest BCUT2D eigenvalue weighted by molar-refractivity contribution is -0.384. The van der Waals surface area contributed by atoms with Crippen LogP contribution in [0.3, 0.4) is 0 Å². The van der Waals surface area contributed by atoms with Gasteiger partial charge in [0, 0.05) is 63.3 Å². The van der Waals surface area contributed by atoms with Crippen molar-refractivity contribution < 1.29 is 14.1 Å². The Kier molecular flexibility index (Phi) is 6.41. The van der Waals surface area contributed by atoms with Gasteiger partial charge in [-0.25, -0.2) is 9.07 Å². The van der Waals surface area contributed by atoms with Gasteiger partial charge in [0.05, 0.1) is 22.4 Å². The minimum absolute atomic E-state index is 0.00243. The van der Waals surface area contributed by atoms with Gasteiger partial charge in [0.1, 0.15) is 5.82 Å². The molecule has 166 valence electrons. The molecule has 32 heavy (non-hydrogen) atoms. The van der Waals surface area contributed by atoms with Crippen molar-refractivity contribution >= 4 is 17.3 Å². The maximum Gasteiger partial charge on any atom is 0.269 e. The van der Waals surface area contributed by atoms with Crippen molar-refractivity contribution in [2.24, 2.45) is 0 Å². The van der Waals surface area contributed by atoms with Gasteiger partial charge in [-0.05, 0) is 36.4 Å². The van der Waals surface area contributed by atoms with Crippen LogP contribution in [0.25, 0.3) is 5.69 Å². The van der Waals surface area contributed by atoms with E-state index in [2.05, 4.69) is 20.2 Å². The third-order valence-electron chi connectivity index (χ3n) is 5.45. The van der Waals surface area contributed by atoms with E-state index in [0.717, 1.165) is 38.4 Å². The number of anilines is 1. The first kappa shape index (κ1) is 21.4. The lowest BCUT2D eigenvalue weighted by Gasteiger charge is -2.36. The standard InChI is InChI=1S/C22H23FN6O3/c23-18-1-3-19(4-2-18)27-13-11-26(12-14-27)10-9-24-22(30)17-15-25-28(16-17)20-5-7-21(8-6-20)29(31)32/h1-8,15-16H,9-14H2,(H,24,30). The second-order valence-corrected chi connectivity index (χ2v) is 7.51. The highest BCUT2D eigenvalue weighted by molar-refractivity contribution is 5.93. The summed E-state index contributed by atoms with van der Waals surface area (Å²) in [5.41, 5.74) is 2.07. The first-order valence-electron chi connectivity index (χ1n) is 10.3. The van der Waals surface area contributed by atoms with Crippen molar-refractivity contribution in [2.75, 3.05) is 44.2 Å². The fraction of sp³-hybridized carbons (Fsp3) is 0.273. The third kappa shape index (κ3) is 5.09. The first-order valence-corrected chi connectivity index (χ1v) is 10.3. The van der Waals surface area contributed by atoms with Crippen LogP contribution in [-0.4, -0.2) is 64.8 Å². The number of nitro benzene ring substituents is 1. The topological polar surface area (TPSA) is 96.5 Å². The quantitative estimate of drug-likeness (QED) is 0.450. The van der Waals surface area contributed by atoms with Crippen molar-refractivity contribution in [3.63, 3.8) is 0 Å². The predicted octanol–water partition coefficient (Wildman–Crippen LogP) is 2.47. The van der Waals surface area contributed by atoms with Crippen molar-refractivity contribution in [2.45, 2.75) is 0 Å². The summed E-state index contributed by atoms with van der Waals surface area (Å²) in [5.74, 6) is -0.454. The summed E-state index contributed by atoms with van der Waals surface area (Å²) in [7, 11) is 0. The number of benzene rings is 2. The normalized spacial score (nSPS) is 14.3. The van der Waals surface area contributed by atoms with Gasteiger partial charge in [0.25, 0.3) is 11.6 Å². The molecule has 9 nitrogen and oxygen atoms in total. The Morgan fingerprint density at radius 1 is 1.03 bits per heavy atom. The van der Waals surface area contributed by atoms with Crippen LogP contribution in [0, 0.1) is 15.9 Å². The molecule has 1 aliphatic rings. The molecule has 2 heterocycles. The Hall–Kier alpha value is -3.79. The number of aromatic nitrogens is 2. The zero-order chi connectivity index (χ0) is 22.5. The molecule has 1 aliphatic heterocycles. The van der Waals surface area contributed by atoms with Crippen LogP contribution >= 0.6 is 0 Å². The predicted molar refractivity (Wildman–Crippen MR) is 118 cm³/mol. The summed E-state index contributed by atoms with van der Waals surface area (Å²) in [5, 5.41) is 17.8. The minimum atomic E-state index is -0.464. The van der Waals surface area contributed by atoms with Crippen molar-refractivity contribution in [1.82, 2.24) is 20.0 Å². The molecule has 2 aromatic carbocycles. The zero-order valence-corrected chi connectivity index (χ0v) is 17.4. The Labute approximate surface area is 184 Å². The number of piperazine rings is 1. The Morgan fingerprint density at radius 2 is 1.69 bits per heavy atom. The molecule has 1 amide bonds. The van der Waals surface area contributed by atoms with E-state index in [1.807, 2.05) is 0 Å². The van der Waals surface area contributed by atoms with E-state index in [9.17, 15) is 19.3 Å². The molecule has 1 fully saturated rings. The smallest absolute Gasteiger partial charge is 0.269 e. The Bertz CT molecular complexity index is 1080. The maximum atomic E-state index is 13.1. The highest BCUT2D eigenvalue weighted by atomic mass is 19.1. The third-order valence-corrected chi connectivity index (χ3v) is 5.45. The molecule has 4 rings (SSSR count). The Morgan fingerprint density at radius 3 is 2.34 bits per heavy atom. The van der Waals surface area contributed by atoms with E-state index in [4.69, 9.17) is 0 Å². The molecule has 0 spiro atoms. The number of amides is 1. The van der Waals surface area contributed by atoms with Crippen molar-refractivity contribution in [3.05, 3.63) is 82.4 Å². The number of halogens is 1. The fourth-order valence-corrected chi connectivity index (χ4v) is 3.62. The number of carbonyl (C=O) groups excluding carboxylic acids is 1. The van der Waals surface area contributed by atoms with E-state index in [1.165, 1.54) is 35.1 Å². The van der Waals surface area contributed by atoms with E-state index >= 15 is 0 Å². The van der Waals surface area contributed by atoms with Gasteiger partial charge in [0.2, 0.25) is 0 Å². The van der Waals surface area contributed by atoms with Crippen LogP contribution in [0.4, 0.5) is 15.8 Å². The highest BCUT2D eigenvalue weighted by Gasteiger charge is 2.17. The molecule has 1 N–H and O–H groups in total. The molecule has 0 saturated carbocycles. The summed E-state index contributed by atoms with van der Waals surface area (Å²) < 4.78 is 14.6. The summed E-state index contributed by atoms with van der Waals surface area (Å²) in [6.45, 7) is 4.68. The second-order valence-electron chi connectivity index (χ2n) is 7.51. The number of nitro groups is 1. The molecule has 3 aromatic rings. The van der Waals surface area contributed by atoms with E-state index < -0.39 is 4.92 Å². The number of hydrogen-bond donors (Lipinski definition) is 1. The summed E-state index contributed by atoms with van der Waals surface area (Å²) in [6.07, 6.45) is 3.07. The fourth-order valence-electron chi connectivity index (χ4n) is 3.62. The van der Waals surface area contributed by atoms with Crippen molar-refractivity contribution in [1.29, 1.82) is 0 Å². The van der Waals surface area contributed by atoms with Gasteiger partial charge in [-0.3, -0.25) is 19.8 Å². The monoisotopic (exact) mass is 438 g/mol. The lowest BCUT2D eigenvalue weighted by Crippen LogP contribution is -2.48. The van der Waals surface area contributed by atoms with Crippen LogP contribution in [0.1, 0.15) is 10.4 Å². The van der Waals surface area contributed by atoms with Crippen LogP contribution in [-0.2, 0) is 0 Å². The molecule has 1 aromatic heterocycles. The van der Waals surface area contributed by atoms with Crippen LogP contribution in [0.5, 0.6) is 0 Å². The number of nitrogens with one attached hydrogen (secondary N) is 1. The summed E-state index contributed by atoms with van der Waals surface area (Å²) in [6, 6.07) is 12.5. The van der Waals surface area contributed by atoms with E-state index in [-0.39, 0.29) is 17.4 Å². The minimum Gasteiger partial charge on any atom is -0.369 e. The number of rotatable bonds is 7. The van der Waals surface area contributed by atoms with Gasteiger partial charge in [-0.15, -0.1) is 0 Å². The molecule has 1 saturated heterocycles. The van der Waals surface area contributed by atoms with Crippen LogP contribution < -0.4 is 10.2 Å². The molecular formula is C22H23FN6O3. The van der Waals surface area contributed by atoms with E-state index in [1.54, 1.807) is 30.5 Å². The van der Waals surface area contributed by atoms with Crippen molar-refractivity contribution in [3.8, 4) is 5.69 Å². The molecule has 0 bridgehead atoms. The molecule has 10 heteroatoms. The second kappa shape index (κ2) is 9.56. The van der Waals surface area contributed by atoms with Gasteiger partial charge in [-0.1, -0.05) is 0 Å². The van der Waals surface area contributed by atoms with Gasteiger partial charge in [-0.2, -0.15) is 5.10 Å².